The molecule has 9 nitrogen and oxygen atoms in total. The number of hydrogen-bond acceptors (Lipinski definition) is 5. The van der Waals surface area contributed by atoms with Crippen LogP contribution in [0.25, 0.3) is 0 Å². The zero-order chi connectivity index (χ0) is 20.9. The quantitative estimate of drug-likeness (QED) is 0.769. The van der Waals surface area contributed by atoms with Crippen LogP contribution in [0.2, 0.25) is 0 Å². The standard InChI is InChI=1S/C20H25N5O4S/c1-28-11-14-10-25-19(29-14)17(9-22-25)30(21,27)24-20(26)23-18-15-6-2-4-12(15)8-13-5-3-7-16(13)18/h8-9,14H,2-7,10-11H2,1H3,(H3,21,23,24,26,27)/t14-,30-/m0/s1. The number of methoxy groups -OCH3 is 1. The van der Waals surface area contributed by atoms with Crippen LogP contribution in [-0.4, -0.2) is 39.8 Å². The maximum Gasteiger partial charge on any atom is 0.354 e. The van der Waals surface area contributed by atoms with E-state index in [0.29, 0.717) is 13.2 Å². The van der Waals surface area contributed by atoms with Gasteiger partial charge in [0.05, 0.1) is 19.3 Å². The minimum Gasteiger partial charge on any atom is -0.469 e. The molecule has 0 spiro atoms. The normalized spacial score (nSPS) is 20.8. The van der Waals surface area contributed by atoms with Crippen LogP contribution in [0.4, 0.5) is 10.5 Å². The summed E-state index contributed by atoms with van der Waals surface area (Å²) >= 11 is 0. The van der Waals surface area contributed by atoms with Crippen molar-refractivity contribution in [2.45, 2.75) is 56.1 Å². The fourth-order valence-corrected chi connectivity index (χ4v) is 5.73. The summed E-state index contributed by atoms with van der Waals surface area (Å²) in [5.74, 6) is 0.280. The minimum atomic E-state index is -3.51. The van der Waals surface area contributed by atoms with E-state index >= 15 is 0 Å². The van der Waals surface area contributed by atoms with Crippen molar-refractivity contribution in [1.82, 2.24) is 9.78 Å². The second kappa shape index (κ2) is 7.36. The molecule has 1 aliphatic heterocycles. The van der Waals surface area contributed by atoms with Gasteiger partial charge in [0.2, 0.25) is 5.88 Å². The number of nitrogens with two attached hydrogens (primary N) is 1. The van der Waals surface area contributed by atoms with Crippen LogP contribution >= 0.6 is 0 Å². The molecule has 1 aromatic heterocycles. The number of rotatable bonds is 4. The molecular formula is C20H25N5O4S. The second-order valence-electron chi connectivity index (χ2n) is 8.02. The van der Waals surface area contributed by atoms with Crippen molar-refractivity contribution >= 4 is 21.6 Å². The van der Waals surface area contributed by atoms with E-state index in [1.165, 1.54) is 28.5 Å². The molecule has 30 heavy (non-hydrogen) atoms. The zero-order valence-corrected chi connectivity index (χ0v) is 17.7. The number of fused-ring (bicyclic) bond motifs is 3. The van der Waals surface area contributed by atoms with E-state index in [4.69, 9.17) is 14.6 Å². The Balaban J connectivity index is 1.44. The lowest BCUT2D eigenvalue weighted by Crippen LogP contribution is -2.22. The molecule has 0 radical (unpaired) electrons. The fraction of sp³-hybridized carbons (Fsp3) is 0.500. The smallest absolute Gasteiger partial charge is 0.354 e. The SMILES string of the molecule is COC[C@@H]1Cn2ncc([S@@](N)(=O)=NC(=O)Nc3c4c(cc5c3CCC5)CCC4)c2O1. The van der Waals surface area contributed by atoms with Gasteiger partial charge in [-0.25, -0.2) is 18.8 Å². The van der Waals surface area contributed by atoms with E-state index in [0.717, 1.165) is 44.2 Å². The first-order valence-corrected chi connectivity index (χ1v) is 11.8. The van der Waals surface area contributed by atoms with E-state index < -0.39 is 15.9 Å². The summed E-state index contributed by atoms with van der Waals surface area (Å²) in [5.41, 5.74) is 5.80. The predicted octanol–water partition coefficient (Wildman–Crippen LogP) is 2.20. The Morgan fingerprint density at radius 1 is 1.33 bits per heavy atom. The fourth-order valence-electron chi connectivity index (χ4n) is 4.74. The van der Waals surface area contributed by atoms with Crippen molar-refractivity contribution in [2.75, 3.05) is 19.0 Å². The number of ether oxygens (including phenoxy) is 2. The van der Waals surface area contributed by atoms with Gasteiger partial charge in [-0.1, -0.05) is 6.07 Å². The molecular weight excluding hydrogens is 406 g/mol. The summed E-state index contributed by atoms with van der Waals surface area (Å²) in [5, 5.41) is 13.1. The molecule has 3 N–H and O–H groups in total. The Labute approximate surface area is 175 Å². The topological polar surface area (TPSA) is 121 Å². The van der Waals surface area contributed by atoms with Gasteiger partial charge in [0.15, 0.2) is 9.92 Å². The van der Waals surface area contributed by atoms with Gasteiger partial charge in [0.25, 0.3) is 0 Å². The molecule has 2 amide bonds. The summed E-state index contributed by atoms with van der Waals surface area (Å²) in [6, 6.07) is 1.58. The number of aryl methyl sites for hydroxylation is 2. The number of nitrogens with zero attached hydrogens (tertiary/aromatic N) is 3. The molecule has 2 atom stereocenters. The van der Waals surface area contributed by atoms with Crippen molar-refractivity contribution < 1.29 is 18.5 Å². The van der Waals surface area contributed by atoms with Gasteiger partial charge in [0, 0.05) is 12.8 Å². The van der Waals surface area contributed by atoms with E-state index in [9.17, 15) is 9.00 Å². The molecule has 2 aliphatic carbocycles. The summed E-state index contributed by atoms with van der Waals surface area (Å²) in [7, 11) is -1.94. The number of carbonyl (C=O) groups excluding carboxylic acids is 1. The van der Waals surface area contributed by atoms with E-state index in [-0.39, 0.29) is 16.9 Å². The molecule has 0 saturated heterocycles. The molecule has 10 heteroatoms. The van der Waals surface area contributed by atoms with Gasteiger partial charge in [-0.15, -0.1) is 4.36 Å². The van der Waals surface area contributed by atoms with Gasteiger partial charge in [-0.3, -0.25) is 0 Å². The molecule has 0 saturated carbocycles. The number of urea groups is 1. The number of nitrogens with one attached hydrogen (secondary N) is 1. The summed E-state index contributed by atoms with van der Waals surface area (Å²) in [6.45, 7) is 0.837. The molecule has 3 aliphatic rings. The number of anilines is 1. The van der Waals surface area contributed by atoms with Crippen molar-refractivity contribution in [3.63, 3.8) is 0 Å². The van der Waals surface area contributed by atoms with Crippen molar-refractivity contribution in [3.8, 4) is 5.88 Å². The molecule has 0 unspecified atom stereocenters. The minimum absolute atomic E-state index is 0.125. The number of benzene rings is 1. The van der Waals surface area contributed by atoms with Crippen LogP contribution in [0.1, 0.15) is 35.1 Å². The third-order valence-electron chi connectivity index (χ3n) is 6.01. The highest BCUT2D eigenvalue weighted by molar-refractivity contribution is 7.91. The number of amides is 2. The van der Waals surface area contributed by atoms with Crippen molar-refractivity contribution in [2.24, 2.45) is 9.50 Å². The second-order valence-corrected chi connectivity index (χ2v) is 9.78. The van der Waals surface area contributed by atoms with Crippen LogP contribution in [0.5, 0.6) is 5.88 Å². The maximum atomic E-state index is 13.1. The highest BCUT2D eigenvalue weighted by Gasteiger charge is 2.31. The molecule has 2 heterocycles. The summed E-state index contributed by atoms with van der Waals surface area (Å²) < 4.78 is 29.4. The third kappa shape index (κ3) is 3.28. The maximum absolute atomic E-state index is 13.1. The average molecular weight is 432 g/mol. The largest absolute Gasteiger partial charge is 0.469 e. The molecule has 2 aromatic rings. The number of aromatic nitrogens is 2. The highest BCUT2D eigenvalue weighted by atomic mass is 32.2. The van der Waals surface area contributed by atoms with E-state index in [2.05, 4.69) is 20.8 Å². The first-order chi connectivity index (χ1) is 14.5. The van der Waals surface area contributed by atoms with Crippen LogP contribution in [-0.2, 0) is 46.9 Å². The lowest BCUT2D eigenvalue weighted by Gasteiger charge is -2.15. The first-order valence-electron chi connectivity index (χ1n) is 10.2. The Hall–Kier alpha value is -2.43. The van der Waals surface area contributed by atoms with Crippen LogP contribution in [0.3, 0.4) is 0 Å². The van der Waals surface area contributed by atoms with Crippen LogP contribution < -0.4 is 15.2 Å². The Kier molecular flexibility index (Phi) is 4.79. The first kappa shape index (κ1) is 19.5. The van der Waals surface area contributed by atoms with Gasteiger partial charge in [-0.05, 0) is 60.8 Å². The Morgan fingerprint density at radius 2 is 2.03 bits per heavy atom. The molecule has 1 aromatic carbocycles. The third-order valence-corrected chi connectivity index (χ3v) is 7.35. The molecule has 5 rings (SSSR count). The lowest BCUT2D eigenvalue weighted by molar-refractivity contribution is 0.0920. The monoisotopic (exact) mass is 431 g/mol. The van der Waals surface area contributed by atoms with Gasteiger partial charge in [-0.2, -0.15) is 5.10 Å². The number of hydrogen-bond donors (Lipinski definition) is 2. The Bertz CT molecular complexity index is 1120. The summed E-state index contributed by atoms with van der Waals surface area (Å²) in [6.07, 6.45) is 7.19. The van der Waals surface area contributed by atoms with Gasteiger partial charge in [0.1, 0.15) is 11.0 Å². The number of carbonyl (C=O) groups is 1. The van der Waals surface area contributed by atoms with Crippen molar-refractivity contribution in [3.05, 3.63) is 34.5 Å². The zero-order valence-electron chi connectivity index (χ0n) is 16.8. The molecule has 0 bridgehead atoms. The van der Waals surface area contributed by atoms with E-state index in [1.807, 2.05) is 0 Å². The lowest BCUT2D eigenvalue weighted by atomic mass is 9.99. The Morgan fingerprint density at radius 3 is 2.70 bits per heavy atom. The van der Waals surface area contributed by atoms with Crippen LogP contribution in [0.15, 0.2) is 21.5 Å². The predicted molar refractivity (Wildman–Crippen MR) is 111 cm³/mol. The summed E-state index contributed by atoms with van der Waals surface area (Å²) in [4.78, 5) is 12.9. The van der Waals surface area contributed by atoms with Gasteiger partial charge < -0.3 is 14.8 Å². The molecule has 0 fully saturated rings. The van der Waals surface area contributed by atoms with E-state index in [1.54, 1.807) is 11.8 Å². The average Bonchev–Trinajstić information content (AvgIpc) is 3.44. The van der Waals surface area contributed by atoms with Crippen LogP contribution in [0, 0.1) is 0 Å². The van der Waals surface area contributed by atoms with Crippen molar-refractivity contribution in [1.29, 1.82) is 0 Å². The van der Waals surface area contributed by atoms with Gasteiger partial charge >= 0.3 is 6.03 Å². The molecule has 160 valence electrons. The highest BCUT2D eigenvalue weighted by Crippen LogP contribution is 2.38.